The third-order valence-electron chi connectivity index (χ3n) is 3.71. The number of urea groups is 1. The maximum Gasteiger partial charge on any atom is 0.317 e. The minimum Gasteiger partial charge on any atom is -0.337 e. The van der Waals surface area contributed by atoms with Crippen LogP contribution >= 0.6 is 0 Å². The van der Waals surface area contributed by atoms with E-state index in [2.05, 4.69) is 15.4 Å². The average molecular weight is 404 g/mol. The van der Waals surface area contributed by atoms with E-state index in [9.17, 15) is 18.0 Å². The summed E-state index contributed by atoms with van der Waals surface area (Å²) in [5, 5.41) is 5.40. The Balaban J connectivity index is 1.72. The molecule has 2 aromatic carbocycles. The summed E-state index contributed by atoms with van der Waals surface area (Å²) in [6.45, 7) is 0.685. The van der Waals surface area contributed by atoms with Crippen LogP contribution < -0.4 is 15.4 Å². The SMILES string of the molecule is CN(Cc1ccccc1)C(=O)NCCC(=O)Nc1ccc(NS(C)(=O)=O)cc1. The normalized spacial score (nSPS) is 10.8. The largest absolute Gasteiger partial charge is 0.337 e. The lowest BCUT2D eigenvalue weighted by atomic mass is 10.2. The molecule has 8 nitrogen and oxygen atoms in total. The molecule has 0 heterocycles. The van der Waals surface area contributed by atoms with Crippen LogP contribution in [0.1, 0.15) is 12.0 Å². The number of amides is 3. The molecule has 0 aliphatic rings. The second-order valence-electron chi connectivity index (χ2n) is 6.32. The standard InChI is InChI=1S/C19H24N4O4S/c1-23(14-15-6-4-3-5-7-15)19(25)20-13-12-18(24)21-16-8-10-17(11-9-16)22-28(2,26)27/h3-11,22H,12-14H2,1-2H3,(H,20,25)(H,21,24). The Morgan fingerprint density at radius 3 is 2.18 bits per heavy atom. The first-order valence-corrected chi connectivity index (χ1v) is 10.5. The maximum absolute atomic E-state index is 12.1. The van der Waals surface area contributed by atoms with Gasteiger partial charge >= 0.3 is 6.03 Å². The van der Waals surface area contributed by atoms with Crippen LogP contribution in [0.5, 0.6) is 0 Å². The van der Waals surface area contributed by atoms with Crippen LogP contribution in [0, 0.1) is 0 Å². The molecule has 0 aromatic heterocycles. The van der Waals surface area contributed by atoms with Crippen molar-refractivity contribution in [3.8, 4) is 0 Å². The van der Waals surface area contributed by atoms with Gasteiger partial charge in [-0.1, -0.05) is 30.3 Å². The Labute approximate surface area is 165 Å². The zero-order valence-electron chi connectivity index (χ0n) is 15.8. The van der Waals surface area contributed by atoms with Crippen LogP contribution in [-0.4, -0.2) is 45.1 Å². The van der Waals surface area contributed by atoms with Gasteiger partial charge in [0.25, 0.3) is 0 Å². The van der Waals surface area contributed by atoms with Gasteiger partial charge in [-0.3, -0.25) is 9.52 Å². The summed E-state index contributed by atoms with van der Waals surface area (Å²) in [6, 6.07) is 15.7. The topological polar surface area (TPSA) is 108 Å². The van der Waals surface area contributed by atoms with Gasteiger partial charge < -0.3 is 15.5 Å². The first kappa shape index (κ1) is 21.2. The lowest BCUT2D eigenvalue weighted by molar-refractivity contribution is -0.116. The third kappa shape index (κ3) is 7.67. The molecule has 0 atom stereocenters. The molecule has 150 valence electrons. The number of anilines is 2. The van der Waals surface area contributed by atoms with E-state index in [-0.39, 0.29) is 24.9 Å². The molecule has 2 rings (SSSR count). The fourth-order valence-electron chi connectivity index (χ4n) is 2.41. The van der Waals surface area contributed by atoms with E-state index in [1.807, 2.05) is 30.3 Å². The summed E-state index contributed by atoms with van der Waals surface area (Å²) in [6.07, 6.45) is 1.18. The van der Waals surface area contributed by atoms with Crippen molar-refractivity contribution >= 4 is 33.3 Å². The Kier molecular flexibility index (Phi) is 7.39. The van der Waals surface area contributed by atoms with Crippen LogP contribution in [0.4, 0.5) is 16.2 Å². The highest BCUT2D eigenvalue weighted by atomic mass is 32.2. The second kappa shape index (κ2) is 9.75. The molecular weight excluding hydrogens is 380 g/mol. The number of carbonyl (C=O) groups excluding carboxylic acids is 2. The zero-order chi connectivity index (χ0) is 20.6. The average Bonchev–Trinajstić information content (AvgIpc) is 2.63. The molecule has 0 radical (unpaired) electrons. The lowest BCUT2D eigenvalue weighted by Gasteiger charge is -2.18. The Bertz CT molecular complexity index is 899. The summed E-state index contributed by atoms with van der Waals surface area (Å²) in [4.78, 5) is 25.6. The number of rotatable bonds is 8. The van der Waals surface area contributed by atoms with Crippen molar-refractivity contribution in [1.29, 1.82) is 0 Å². The van der Waals surface area contributed by atoms with E-state index in [0.29, 0.717) is 17.9 Å². The van der Waals surface area contributed by atoms with Crippen molar-refractivity contribution in [2.75, 3.05) is 29.9 Å². The van der Waals surface area contributed by atoms with Crippen LogP contribution in [0.15, 0.2) is 54.6 Å². The quantitative estimate of drug-likeness (QED) is 0.627. The van der Waals surface area contributed by atoms with E-state index in [1.165, 1.54) is 0 Å². The van der Waals surface area contributed by atoms with Crippen molar-refractivity contribution in [2.45, 2.75) is 13.0 Å². The van der Waals surface area contributed by atoms with Gasteiger partial charge in [-0.05, 0) is 29.8 Å². The fourth-order valence-corrected chi connectivity index (χ4v) is 2.97. The van der Waals surface area contributed by atoms with Crippen molar-refractivity contribution in [2.24, 2.45) is 0 Å². The monoisotopic (exact) mass is 404 g/mol. The summed E-state index contributed by atoms with van der Waals surface area (Å²) < 4.78 is 24.7. The van der Waals surface area contributed by atoms with E-state index in [0.717, 1.165) is 11.8 Å². The summed E-state index contributed by atoms with van der Waals surface area (Å²) in [7, 11) is -1.65. The van der Waals surface area contributed by atoms with Crippen molar-refractivity contribution in [3.05, 3.63) is 60.2 Å². The third-order valence-corrected chi connectivity index (χ3v) is 4.32. The van der Waals surface area contributed by atoms with E-state index in [1.54, 1.807) is 36.2 Å². The van der Waals surface area contributed by atoms with Gasteiger partial charge in [0.2, 0.25) is 15.9 Å². The fraction of sp³-hybridized carbons (Fsp3) is 0.263. The highest BCUT2D eigenvalue weighted by Gasteiger charge is 2.10. The van der Waals surface area contributed by atoms with Gasteiger partial charge in [0, 0.05) is 37.9 Å². The molecule has 0 aliphatic carbocycles. The molecule has 2 aromatic rings. The van der Waals surface area contributed by atoms with Gasteiger partial charge in [-0.15, -0.1) is 0 Å². The lowest BCUT2D eigenvalue weighted by Crippen LogP contribution is -2.38. The van der Waals surface area contributed by atoms with E-state index >= 15 is 0 Å². The first-order chi connectivity index (χ1) is 13.2. The van der Waals surface area contributed by atoms with Gasteiger partial charge in [-0.2, -0.15) is 0 Å². The summed E-state index contributed by atoms with van der Waals surface area (Å²) in [5.74, 6) is -0.255. The van der Waals surface area contributed by atoms with Gasteiger partial charge in [-0.25, -0.2) is 13.2 Å². The molecule has 3 N–H and O–H groups in total. The van der Waals surface area contributed by atoms with Crippen LogP contribution in [0.3, 0.4) is 0 Å². The second-order valence-corrected chi connectivity index (χ2v) is 8.07. The predicted molar refractivity (Wildman–Crippen MR) is 109 cm³/mol. The number of hydrogen-bond donors (Lipinski definition) is 3. The Morgan fingerprint density at radius 1 is 0.964 bits per heavy atom. The number of sulfonamides is 1. The summed E-state index contributed by atoms with van der Waals surface area (Å²) >= 11 is 0. The highest BCUT2D eigenvalue weighted by molar-refractivity contribution is 7.92. The minimum atomic E-state index is -3.34. The van der Waals surface area contributed by atoms with Crippen LogP contribution in [0.2, 0.25) is 0 Å². The van der Waals surface area contributed by atoms with E-state index < -0.39 is 10.0 Å². The van der Waals surface area contributed by atoms with Crippen LogP contribution in [0.25, 0.3) is 0 Å². The Morgan fingerprint density at radius 2 is 1.57 bits per heavy atom. The number of benzene rings is 2. The molecule has 0 bridgehead atoms. The number of nitrogens with one attached hydrogen (secondary N) is 3. The molecule has 0 unspecified atom stereocenters. The molecule has 9 heteroatoms. The number of carbonyl (C=O) groups is 2. The van der Waals surface area contributed by atoms with E-state index in [4.69, 9.17) is 0 Å². The first-order valence-electron chi connectivity index (χ1n) is 8.63. The van der Waals surface area contributed by atoms with Crippen molar-refractivity contribution < 1.29 is 18.0 Å². The van der Waals surface area contributed by atoms with Gasteiger partial charge in [0.15, 0.2) is 0 Å². The maximum atomic E-state index is 12.1. The molecular formula is C19H24N4O4S. The zero-order valence-corrected chi connectivity index (χ0v) is 16.6. The number of hydrogen-bond acceptors (Lipinski definition) is 4. The van der Waals surface area contributed by atoms with Crippen molar-refractivity contribution in [3.63, 3.8) is 0 Å². The smallest absolute Gasteiger partial charge is 0.317 e. The van der Waals surface area contributed by atoms with Crippen LogP contribution in [-0.2, 0) is 21.4 Å². The number of nitrogens with zero attached hydrogens (tertiary/aromatic N) is 1. The highest BCUT2D eigenvalue weighted by Crippen LogP contribution is 2.14. The molecule has 0 spiro atoms. The van der Waals surface area contributed by atoms with Gasteiger partial charge in [0.1, 0.15) is 0 Å². The predicted octanol–water partition coefficient (Wildman–Crippen LogP) is 2.23. The molecule has 0 saturated carbocycles. The molecule has 0 saturated heterocycles. The summed E-state index contributed by atoms with van der Waals surface area (Å²) in [5.41, 5.74) is 1.97. The molecule has 0 fully saturated rings. The van der Waals surface area contributed by atoms with Gasteiger partial charge in [0.05, 0.1) is 6.26 Å². The Hall–Kier alpha value is -3.07. The molecule has 28 heavy (non-hydrogen) atoms. The molecule has 3 amide bonds. The van der Waals surface area contributed by atoms with Crippen molar-refractivity contribution in [1.82, 2.24) is 10.2 Å². The molecule has 0 aliphatic heterocycles. The minimum absolute atomic E-state index is 0.119.